The summed E-state index contributed by atoms with van der Waals surface area (Å²) >= 11 is 0. The molecule has 1 aromatic rings. The minimum atomic E-state index is -0.426. The summed E-state index contributed by atoms with van der Waals surface area (Å²) in [6.07, 6.45) is 7.89. The summed E-state index contributed by atoms with van der Waals surface area (Å²) in [4.78, 5) is 23.3. The average Bonchev–Trinajstić information content (AvgIpc) is 2.60. The molecule has 0 fully saturated rings. The van der Waals surface area contributed by atoms with Crippen LogP contribution >= 0.6 is 0 Å². The van der Waals surface area contributed by atoms with E-state index in [0.29, 0.717) is 6.54 Å². The Morgan fingerprint density at radius 2 is 1.83 bits per heavy atom. The van der Waals surface area contributed by atoms with E-state index < -0.39 is 6.03 Å². The number of allylic oxidation sites excluding steroid dienone is 1. The first-order valence-corrected chi connectivity index (χ1v) is 8.34. The Hall–Kier alpha value is -2.37. The molecule has 6 heteroatoms. The number of nitrogens with one attached hydrogen (secondary N) is 3. The first kappa shape index (κ1) is 18.0. The summed E-state index contributed by atoms with van der Waals surface area (Å²) in [6, 6.07) is 5.45. The van der Waals surface area contributed by atoms with E-state index in [9.17, 15) is 14.0 Å². The second kappa shape index (κ2) is 9.70. The van der Waals surface area contributed by atoms with Gasteiger partial charge in [0.1, 0.15) is 5.82 Å². The maximum Gasteiger partial charge on any atom is 0.315 e. The van der Waals surface area contributed by atoms with Crippen molar-refractivity contribution in [2.75, 3.05) is 13.1 Å². The molecular weight excluding hydrogens is 309 g/mol. The van der Waals surface area contributed by atoms with Crippen LogP contribution in [-0.4, -0.2) is 25.0 Å². The van der Waals surface area contributed by atoms with Crippen LogP contribution in [0.2, 0.25) is 0 Å². The van der Waals surface area contributed by atoms with Crippen molar-refractivity contribution in [2.45, 2.75) is 38.6 Å². The van der Waals surface area contributed by atoms with Gasteiger partial charge in [-0.2, -0.15) is 0 Å². The van der Waals surface area contributed by atoms with Crippen molar-refractivity contribution in [3.05, 3.63) is 47.3 Å². The molecule has 0 bridgehead atoms. The largest absolute Gasteiger partial charge is 0.354 e. The first-order chi connectivity index (χ1) is 11.6. The molecule has 1 aliphatic carbocycles. The lowest BCUT2D eigenvalue weighted by Gasteiger charge is -2.13. The lowest BCUT2D eigenvalue weighted by molar-refractivity contribution is -0.120. The van der Waals surface area contributed by atoms with E-state index in [2.05, 4.69) is 22.0 Å². The molecule has 1 aliphatic rings. The van der Waals surface area contributed by atoms with E-state index in [1.54, 1.807) is 12.1 Å². The molecule has 24 heavy (non-hydrogen) atoms. The molecule has 0 atom stereocenters. The van der Waals surface area contributed by atoms with Crippen LogP contribution in [0, 0.1) is 5.82 Å². The van der Waals surface area contributed by atoms with Crippen molar-refractivity contribution in [3.63, 3.8) is 0 Å². The SMILES string of the molecule is O=C(CNC(=O)NCc1ccc(F)cc1)NCCC1=CCCCC1. The number of carbonyl (C=O) groups is 2. The van der Waals surface area contributed by atoms with E-state index >= 15 is 0 Å². The van der Waals surface area contributed by atoms with Crippen molar-refractivity contribution in [1.29, 1.82) is 0 Å². The third-order valence-electron chi connectivity index (χ3n) is 3.93. The third kappa shape index (κ3) is 6.81. The molecule has 130 valence electrons. The number of carbonyl (C=O) groups excluding carboxylic acids is 2. The first-order valence-electron chi connectivity index (χ1n) is 8.34. The zero-order valence-corrected chi connectivity index (χ0v) is 13.7. The summed E-state index contributed by atoms with van der Waals surface area (Å²) in [6.45, 7) is 0.819. The smallest absolute Gasteiger partial charge is 0.315 e. The van der Waals surface area contributed by atoms with Crippen LogP contribution in [0.5, 0.6) is 0 Å². The minimum Gasteiger partial charge on any atom is -0.354 e. The molecule has 0 heterocycles. The molecule has 0 aromatic heterocycles. The Morgan fingerprint density at radius 1 is 1.04 bits per heavy atom. The van der Waals surface area contributed by atoms with Crippen LogP contribution in [0.25, 0.3) is 0 Å². The maximum absolute atomic E-state index is 12.8. The van der Waals surface area contributed by atoms with Crippen LogP contribution in [0.3, 0.4) is 0 Å². The highest BCUT2D eigenvalue weighted by molar-refractivity contribution is 5.83. The van der Waals surface area contributed by atoms with E-state index in [-0.39, 0.29) is 24.8 Å². The van der Waals surface area contributed by atoms with Crippen molar-refractivity contribution >= 4 is 11.9 Å². The van der Waals surface area contributed by atoms with Gasteiger partial charge in [-0.05, 0) is 49.8 Å². The molecule has 5 nitrogen and oxygen atoms in total. The minimum absolute atomic E-state index is 0.0612. The highest BCUT2D eigenvalue weighted by atomic mass is 19.1. The normalized spacial score (nSPS) is 13.8. The van der Waals surface area contributed by atoms with E-state index in [0.717, 1.165) is 24.8 Å². The van der Waals surface area contributed by atoms with Gasteiger partial charge in [-0.1, -0.05) is 23.8 Å². The van der Waals surface area contributed by atoms with Crippen molar-refractivity contribution in [3.8, 4) is 0 Å². The molecule has 3 N–H and O–H groups in total. The number of urea groups is 1. The Morgan fingerprint density at radius 3 is 2.54 bits per heavy atom. The van der Waals surface area contributed by atoms with Crippen LogP contribution < -0.4 is 16.0 Å². The molecule has 0 aliphatic heterocycles. The van der Waals surface area contributed by atoms with Gasteiger partial charge in [-0.15, -0.1) is 0 Å². The van der Waals surface area contributed by atoms with Gasteiger partial charge >= 0.3 is 6.03 Å². The number of benzene rings is 1. The summed E-state index contributed by atoms with van der Waals surface area (Å²) < 4.78 is 12.8. The van der Waals surface area contributed by atoms with Gasteiger partial charge in [-0.25, -0.2) is 9.18 Å². The lowest BCUT2D eigenvalue weighted by Crippen LogP contribution is -2.42. The zero-order chi connectivity index (χ0) is 17.2. The third-order valence-corrected chi connectivity index (χ3v) is 3.93. The van der Waals surface area contributed by atoms with E-state index in [1.807, 2.05) is 0 Å². The fourth-order valence-corrected chi connectivity index (χ4v) is 2.56. The van der Waals surface area contributed by atoms with Crippen LogP contribution in [0.1, 0.15) is 37.7 Å². The molecular formula is C18H24FN3O2. The van der Waals surface area contributed by atoms with E-state index in [1.165, 1.54) is 30.5 Å². The molecule has 0 saturated heterocycles. The Labute approximate surface area is 141 Å². The topological polar surface area (TPSA) is 70.2 Å². The van der Waals surface area contributed by atoms with Crippen LogP contribution in [-0.2, 0) is 11.3 Å². The van der Waals surface area contributed by atoms with Gasteiger partial charge in [0.25, 0.3) is 0 Å². The number of rotatable bonds is 7. The number of hydrogen-bond acceptors (Lipinski definition) is 2. The lowest BCUT2D eigenvalue weighted by atomic mass is 9.97. The molecule has 0 spiro atoms. The van der Waals surface area contributed by atoms with Gasteiger partial charge in [-0.3, -0.25) is 4.79 Å². The van der Waals surface area contributed by atoms with Gasteiger partial charge < -0.3 is 16.0 Å². The highest BCUT2D eigenvalue weighted by Gasteiger charge is 2.07. The average molecular weight is 333 g/mol. The van der Waals surface area contributed by atoms with Crippen molar-refractivity contribution in [1.82, 2.24) is 16.0 Å². The Balaban J connectivity index is 1.56. The molecule has 2 rings (SSSR count). The summed E-state index contributed by atoms with van der Waals surface area (Å²) in [5, 5.41) is 7.92. The van der Waals surface area contributed by atoms with E-state index in [4.69, 9.17) is 0 Å². The maximum atomic E-state index is 12.8. The summed E-state index contributed by atoms with van der Waals surface area (Å²) in [5.74, 6) is -0.521. The van der Waals surface area contributed by atoms with Gasteiger partial charge in [0.15, 0.2) is 0 Å². The Kier molecular flexibility index (Phi) is 7.26. The molecule has 0 unspecified atom stereocenters. The molecule has 1 aromatic carbocycles. The Bertz CT molecular complexity index is 584. The zero-order valence-electron chi connectivity index (χ0n) is 13.7. The predicted molar refractivity (Wildman–Crippen MR) is 90.8 cm³/mol. The van der Waals surface area contributed by atoms with Crippen molar-refractivity contribution in [2.24, 2.45) is 0 Å². The van der Waals surface area contributed by atoms with Gasteiger partial charge in [0, 0.05) is 13.1 Å². The highest BCUT2D eigenvalue weighted by Crippen LogP contribution is 2.19. The predicted octanol–water partition coefficient (Wildman–Crippen LogP) is 2.63. The molecule has 3 amide bonds. The van der Waals surface area contributed by atoms with Crippen LogP contribution in [0.4, 0.5) is 9.18 Å². The summed E-state index contributed by atoms with van der Waals surface area (Å²) in [5.41, 5.74) is 2.20. The fraction of sp³-hybridized carbons (Fsp3) is 0.444. The summed E-state index contributed by atoms with van der Waals surface area (Å²) in [7, 11) is 0. The van der Waals surface area contributed by atoms with Gasteiger partial charge in [0.05, 0.1) is 6.54 Å². The fourth-order valence-electron chi connectivity index (χ4n) is 2.56. The molecule has 0 saturated carbocycles. The number of amides is 3. The monoisotopic (exact) mass is 333 g/mol. The number of halogens is 1. The second-order valence-corrected chi connectivity index (χ2v) is 5.87. The molecule has 0 radical (unpaired) electrons. The van der Waals surface area contributed by atoms with Crippen molar-refractivity contribution < 1.29 is 14.0 Å². The quantitative estimate of drug-likeness (QED) is 0.671. The standard InChI is InChI=1S/C18H24FN3O2/c19-16-8-6-15(7-9-16)12-21-18(24)22-13-17(23)20-11-10-14-4-2-1-3-5-14/h4,6-9H,1-3,5,10-13H2,(H,20,23)(H2,21,22,24). The van der Waals surface area contributed by atoms with Crippen LogP contribution in [0.15, 0.2) is 35.9 Å². The van der Waals surface area contributed by atoms with Gasteiger partial charge in [0.2, 0.25) is 5.91 Å². The number of hydrogen-bond donors (Lipinski definition) is 3. The second-order valence-electron chi connectivity index (χ2n) is 5.87.